The van der Waals surface area contributed by atoms with Gasteiger partial charge in [-0.15, -0.1) is 0 Å². The fourth-order valence-electron chi connectivity index (χ4n) is 1.82. The quantitative estimate of drug-likeness (QED) is 0.723. The number of hydrogen-bond donors (Lipinski definition) is 1. The molecule has 0 bridgehead atoms. The molecule has 0 heterocycles. The molecule has 0 radical (unpaired) electrons. The largest absolute Gasteiger partial charge is 0.493 e. The van der Waals surface area contributed by atoms with Crippen LogP contribution in [0.25, 0.3) is 0 Å². The van der Waals surface area contributed by atoms with Crippen LogP contribution in [0.2, 0.25) is 5.02 Å². The van der Waals surface area contributed by atoms with E-state index in [0.717, 1.165) is 6.42 Å². The number of amides is 1. The summed E-state index contributed by atoms with van der Waals surface area (Å²) in [7, 11) is 1.45. The monoisotopic (exact) mass is 357 g/mol. The molecular formula is C17H24ClNO5. The Morgan fingerprint density at radius 3 is 2.46 bits per heavy atom. The number of nitrogens with one attached hydrogen (secondary N) is 1. The molecule has 0 aliphatic heterocycles. The molecule has 0 aliphatic carbocycles. The summed E-state index contributed by atoms with van der Waals surface area (Å²) in [6.45, 7) is 7.18. The van der Waals surface area contributed by atoms with E-state index in [1.807, 2.05) is 27.7 Å². The van der Waals surface area contributed by atoms with Gasteiger partial charge in [-0.1, -0.05) is 18.5 Å². The van der Waals surface area contributed by atoms with Gasteiger partial charge in [-0.05, 0) is 39.3 Å². The first-order chi connectivity index (χ1) is 11.3. The van der Waals surface area contributed by atoms with Crippen LogP contribution in [0.15, 0.2) is 12.1 Å². The Labute approximate surface area is 147 Å². The highest BCUT2D eigenvalue weighted by atomic mass is 35.5. The molecule has 0 fully saturated rings. The first-order valence-corrected chi connectivity index (χ1v) is 8.16. The van der Waals surface area contributed by atoms with Crippen molar-refractivity contribution in [2.24, 2.45) is 0 Å². The van der Waals surface area contributed by atoms with E-state index in [0.29, 0.717) is 11.5 Å². The second kappa shape index (κ2) is 9.37. The standard InChI is InChI=1S/C17H24ClNO5/c1-6-11(4)19-15(20)9-23-17(21)12-7-13(18)16(24-10(2)3)14(8-12)22-5/h7-8,10-11H,6,9H2,1-5H3,(H,19,20)/t11-/m0/s1. The molecule has 1 aromatic rings. The molecule has 0 spiro atoms. The van der Waals surface area contributed by atoms with Gasteiger partial charge < -0.3 is 19.5 Å². The molecule has 1 atom stereocenters. The highest BCUT2D eigenvalue weighted by molar-refractivity contribution is 6.32. The topological polar surface area (TPSA) is 73.9 Å². The third-order valence-electron chi connectivity index (χ3n) is 3.17. The molecule has 1 aromatic carbocycles. The van der Waals surface area contributed by atoms with Crippen molar-refractivity contribution in [3.63, 3.8) is 0 Å². The van der Waals surface area contributed by atoms with E-state index in [4.69, 9.17) is 25.8 Å². The van der Waals surface area contributed by atoms with Crippen molar-refractivity contribution in [1.29, 1.82) is 0 Å². The van der Waals surface area contributed by atoms with Gasteiger partial charge in [-0.2, -0.15) is 0 Å². The van der Waals surface area contributed by atoms with Crippen molar-refractivity contribution in [3.8, 4) is 11.5 Å². The average Bonchev–Trinajstić information content (AvgIpc) is 2.53. The zero-order chi connectivity index (χ0) is 18.3. The number of carbonyl (C=O) groups excluding carboxylic acids is 2. The maximum absolute atomic E-state index is 12.1. The van der Waals surface area contributed by atoms with Gasteiger partial charge >= 0.3 is 5.97 Å². The Bertz CT molecular complexity index is 589. The number of carbonyl (C=O) groups is 2. The van der Waals surface area contributed by atoms with E-state index in [9.17, 15) is 9.59 Å². The van der Waals surface area contributed by atoms with Crippen molar-refractivity contribution in [3.05, 3.63) is 22.7 Å². The highest BCUT2D eigenvalue weighted by Gasteiger charge is 2.18. The van der Waals surface area contributed by atoms with Gasteiger partial charge in [0.25, 0.3) is 5.91 Å². The molecule has 7 heteroatoms. The van der Waals surface area contributed by atoms with Gasteiger partial charge in [0.2, 0.25) is 0 Å². The molecule has 1 amide bonds. The number of methoxy groups -OCH3 is 1. The molecule has 1 N–H and O–H groups in total. The molecule has 1 rings (SSSR count). The molecule has 0 saturated carbocycles. The lowest BCUT2D eigenvalue weighted by molar-refractivity contribution is -0.124. The first-order valence-electron chi connectivity index (χ1n) is 7.79. The van der Waals surface area contributed by atoms with Gasteiger partial charge in [-0.25, -0.2) is 4.79 Å². The molecule has 6 nitrogen and oxygen atoms in total. The Balaban J connectivity index is 2.81. The number of benzene rings is 1. The van der Waals surface area contributed by atoms with Gasteiger partial charge in [0.15, 0.2) is 18.1 Å². The van der Waals surface area contributed by atoms with E-state index in [1.54, 1.807) is 0 Å². The van der Waals surface area contributed by atoms with Crippen LogP contribution in [0.3, 0.4) is 0 Å². The summed E-state index contributed by atoms with van der Waals surface area (Å²) in [5.74, 6) is -0.325. The van der Waals surface area contributed by atoms with E-state index in [-0.39, 0.29) is 35.2 Å². The lowest BCUT2D eigenvalue weighted by Crippen LogP contribution is -2.35. The zero-order valence-corrected chi connectivity index (χ0v) is 15.4. The van der Waals surface area contributed by atoms with Gasteiger partial charge in [0, 0.05) is 6.04 Å². The Kier molecular flexibility index (Phi) is 7.85. The summed E-state index contributed by atoms with van der Waals surface area (Å²) >= 11 is 6.16. The molecule has 0 saturated heterocycles. The van der Waals surface area contributed by atoms with Crippen LogP contribution in [-0.4, -0.2) is 37.7 Å². The first kappa shape index (κ1) is 20.1. The van der Waals surface area contributed by atoms with Crippen LogP contribution in [-0.2, 0) is 9.53 Å². The lowest BCUT2D eigenvalue weighted by Gasteiger charge is -2.16. The van der Waals surface area contributed by atoms with Crippen LogP contribution >= 0.6 is 11.6 Å². The summed E-state index contributed by atoms with van der Waals surface area (Å²) in [6, 6.07) is 2.92. The number of ether oxygens (including phenoxy) is 3. The summed E-state index contributed by atoms with van der Waals surface area (Å²) in [5.41, 5.74) is 0.185. The van der Waals surface area contributed by atoms with Crippen LogP contribution in [0, 0.1) is 0 Å². The maximum atomic E-state index is 12.1. The van der Waals surface area contributed by atoms with Crippen LogP contribution in [0.1, 0.15) is 44.5 Å². The Hall–Kier alpha value is -1.95. The van der Waals surface area contributed by atoms with Crippen molar-refractivity contribution in [2.45, 2.75) is 46.3 Å². The second-order valence-corrected chi connectivity index (χ2v) is 6.02. The second-order valence-electron chi connectivity index (χ2n) is 5.61. The normalized spacial score (nSPS) is 11.8. The van der Waals surface area contributed by atoms with E-state index < -0.39 is 5.97 Å². The van der Waals surface area contributed by atoms with Crippen LogP contribution < -0.4 is 14.8 Å². The number of rotatable bonds is 8. The minimum atomic E-state index is -0.661. The molecule has 0 unspecified atom stereocenters. The number of hydrogen-bond acceptors (Lipinski definition) is 5. The van der Waals surface area contributed by atoms with E-state index in [1.165, 1.54) is 19.2 Å². The van der Waals surface area contributed by atoms with Gasteiger partial charge in [0.1, 0.15) is 0 Å². The minimum absolute atomic E-state index is 0.0261. The fraction of sp³-hybridized carbons (Fsp3) is 0.529. The van der Waals surface area contributed by atoms with Crippen molar-refractivity contribution in [1.82, 2.24) is 5.32 Å². The maximum Gasteiger partial charge on any atom is 0.338 e. The molecule has 0 aliphatic rings. The highest BCUT2D eigenvalue weighted by Crippen LogP contribution is 2.37. The Morgan fingerprint density at radius 1 is 1.25 bits per heavy atom. The summed E-state index contributed by atoms with van der Waals surface area (Å²) < 4.78 is 15.8. The van der Waals surface area contributed by atoms with Crippen molar-refractivity contribution >= 4 is 23.5 Å². The SMILES string of the molecule is CC[C@H](C)NC(=O)COC(=O)c1cc(Cl)c(OC(C)C)c(OC)c1. The van der Waals surface area contributed by atoms with E-state index >= 15 is 0 Å². The summed E-state index contributed by atoms with van der Waals surface area (Å²) in [6.07, 6.45) is 0.697. The molecule has 134 valence electrons. The van der Waals surface area contributed by atoms with Gasteiger partial charge in [-0.3, -0.25) is 4.79 Å². The zero-order valence-electron chi connectivity index (χ0n) is 14.6. The average molecular weight is 358 g/mol. The molecule has 0 aromatic heterocycles. The Morgan fingerprint density at radius 2 is 1.92 bits per heavy atom. The minimum Gasteiger partial charge on any atom is -0.493 e. The smallest absolute Gasteiger partial charge is 0.338 e. The third-order valence-corrected chi connectivity index (χ3v) is 3.45. The van der Waals surface area contributed by atoms with E-state index in [2.05, 4.69) is 5.32 Å². The summed E-state index contributed by atoms with van der Waals surface area (Å²) in [5, 5.41) is 2.95. The predicted molar refractivity (Wildman–Crippen MR) is 91.9 cm³/mol. The number of esters is 1. The van der Waals surface area contributed by atoms with Crippen LogP contribution in [0.4, 0.5) is 0 Å². The fourth-order valence-corrected chi connectivity index (χ4v) is 2.08. The van der Waals surface area contributed by atoms with Crippen molar-refractivity contribution in [2.75, 3.05) is 13.7 Å². The van der Waals surface area contributed by atoms with Crippen molar-refractivity contribution < 1.29 is 23.8 Å². The van der Waals surface area contributed by atoms with Gasteiger partial charge in [0.05, 0.1) is 23.8 Å². The molecule has 24 heavy (non-hydrogen) atoms. The number of halogens is 1. The lowest BCUT2D eigenvalue weighted by atomic mass is 10.2. The molecular weight excluding hydrogens is 334 g/mol. The summed E-state index contributed by atoms with van der Waals surface area (Å²) in [4.78, 5) is 23.8. The predicted octanol–water partition coefficient (Wildman–Crippen LogP) is 3.21. The van der Waals surface area contributed by atoms with Crippen LogP contribution in [0.5, 0.6) is 11.5 Å². The third kappa shape index (κ3) is 5.92.